The third kappa shape index (κ3) is 2.61. The van der Waals surface area contributed by atoms with Crippen LogP contribution in [0.3, 0.4) is 0 Å². The van der Waals surface area contributed by atoms with E-state index in [-0.39, 0.29) is 0 Å². The number of hydrogen-bond donors (Lipinski definition) is 1. The van der Waals surface area contributed by atoms with Crippen LogP contribution < -0.4 is 5.32 Å². The van der Waals surface area contributed by atoms with Crippen molar-refractivity contribution in [3.05, 3.63) is 24.3 Å². The largest absolute Gasteiger partial charge is 0.381 e. The lowest BCUT2D eigenvalue weighted by Crippen LogP contribution is -2.17. The summed E-state index contributed by atoms with van der Waals surface area (Å²) >= 11 is 3.84. The second-order valence-electron chi connectivity index (χ2n) is 3.44. The molecule has 0 saturated carbocycles. The molecule has 3 heteroatoms. The Bertz CT molecular complexity index is 295. The van der Waals surface area contributed by atoms with Gasteiger partial charge in [-0.15, -0.1) is 11.8 Å². The minimum Gasteiger partial charge on any atom is -0.381 e. The number of thioether (sulfide) groups is 2. The quantitative estimate of drug-likeness (QED) is 0.793. The number of benzene rings is 1. The molecule has 2 rings (SSSR count). The van der Waals surface area contributed by atoms with Gasteiger partial charge in [0, 0.05) is 22.4 Å². The molecule has 0 radical (unpaired) electrons. The minimum absolute atomic E-state index is 0.678. The Kier molecular flexibility index (Phi) is 3.65. The highest BCUT2D eigenvalue weighted by molar-refractivity contribution is 7.99. The standard InChI is InChI=1S/C11H15NS2/c1-13-11-4-2-3-9(7-11)12-10-5-6-14-8-10/h2-4,7,10,12H,5-6,8H2,1H3. The molecule has 1 aromatic rings. The van der Waals surface area contributed by atoms with E-state index >= 15 is 0 Å². The lowest BCUT2D eigenvalue weighted by Gasteiger charge is -2.13. The van der Waals surface area contributed by atoms with Crippen LogP contribution in [-0.2, 0) is 0 Å². The molecule has 1 fully saturated rings. The molecule has 1 aliphatic rings. The lowest BCUT2D eigenvalue weighted by molar-refractivity contribution is 0.812. The van der Waals surface area contributed by atoms with Crippen molar-refractivity contribution in [3.8, 4) is 0 Å². The summed E-state index contributed by atoms with van der Waals surface area (Å²) in [4.78, 5) is 1.33. The summed E-state index contributed by atoms with van der Waals surface area (Å²) in [6.45, 7) is 0. The molecule has 1 aliphatic heterocycles. The van der Waals surface area contributed by atoms with E-state index in [4.69, 9.17) is 0 Å². The average Bonchev–Trinajstić information content (AvgIpc) is 2.71. The van der Waals surface area contributed by atoms with E-state index in [0.717, 1.165) is 0 Å². The molecule has 0 spiro atoms. The van der Waals surface area contributed by atoms with Crippen LogP contribution in [0.1, 0.15) is 6.42 Å². The van der Waals surface area contributed by atoms with Gasteiger partial charge < -0.3 is 5.32 Å². The summed E-state index contributed by atoms with van der Waals surface area (Å²) in [5, 5.41) is 3.58. The van der Waals surface area contributed by atoms with E-state index in [9.17, 15) is 0 Å². The van der Waals surface area contributed by atoms with Gasteiger partial charge in [0.25, 0.3) is 0 Å². The van der Waals surface area contributed by atoms with Crippen LogP contribution in [0.5, 0.6) is 0 Å². The van der Waals surface area contributed by atoms with Crippen molar-refractivity contribution < 1.29 is 0 Å². The Balaban J connectivity index is 2.00. The average molecular weight is 225 g/mol. The van der Waals surface area contributed by atoms with Gasteiger partial charge in [0.15, 0.2) is 0 Å². The maximum absolute atomic E-state index is 3.58. The van der Waals surface area contributed by atoms with E-state index in [2.05, 4.69) is 35.8 Å². The topological polar surface area (TPSA) is 12.0 Å². The molecule has 1 nitrogen and oxygen atoms in total. The van der Waals surface area contributed by atoms with E-state index in [1.165, 1.54) is 28.5 Å². The SMILES string of the molecule is CSc1cccc(NC2CCSC2)c1. The van der Waals surface area contributed by atoms with Crippen molar-refractivity contribution in [1.82, 2.24) is 0 Å². The summed E-state index contributed by atoms with van der Waals surface area (Å²) in [6, 6.07) is 9.34. The van der Waals surface area contributed by atoms with Gasteiger partial charge in [-0.05, 0) is 36.6 Å². The van der Waals surface area contributed by atoms with Crippen molar-refractivity contribution in [1.29, 1.82) is 0 Å². The van der Waals surface area contributed by atoms with Crippen LogP contribution in [-0.4, -0.2) is 23.8 Å². The molecule has 1 aromatic carbocycles. The highest BCUT2D eigenvalue weighted by atomic mass is 32.2. The predicted molar refractivity (Wildman–Crippen MR) is 67.6 cm³/mol. The van der Waals surface area contributed by atoms with Gasteiger partial charge in [-0.2, -0.15) is 11.8 Å². The van der Waals surface area contributed by atoms with Gasteiger partial charge in [0.2, 0.25) is 0 Å². The molecule has 1 saturated heterocycles. The number of anilines is 1. The van der Waals surface area contributed by atoms with Gasteiger partial charge in [-0.1, -0.05) is 6.07 Å². The van der Waals surface area contributed by atoms with Crippen LogP contribution in [0, 0.1) is 0 Å². The van der Waals surface area contributed by atoms with Gasteiger partial charge in [0.05, 0.1) is 0 Å². The molecule has 1 N–H and O–H groups in total. The molecule has 0 amide bonds. The van der Waals surface area contributed by atoms with Crippen molar-refractivity contribution in [2.75, 3.05) is 23.1 Å². The summed E-state index contributed by atoms with van der Waals surface area (Å²) in [7, 11) is 0. The molecule has 0 aliphatic carbocycles. The van der Waals surface area contributed by atoms with Crippen molar-refractivity contribution in [3.63, 3.8) is 0 Å². The first kappa shape index (κ1) is 10.2. The fourth-order valence-corrected chi connectivity index (χ4v) is 3.21. The van der Waals surface area contributed by atoms with E-state index < -0.39 is 0 Å². The van der Waals surface area contributed by atoms with Crippen molar-refractivity contribution in [2.45, 2.75) is 17.4 Å². The molecule has 0 bridgehead atoms. The fourth-order valence-electron chi connectivity index (χ4n) is 1.60. The third-order valence-electron chi connectivity index (χ3n) is 2.37. The van der Waals surface area contributed by atoms with Crippen LogP contribution in [0.15, 0.2) is 29.2 Å². The molecule has 1 unspecified atom stereocenters. The molecule has 76 valence electrons. The van der Waals surface area contributed by atoms with Crippen molar-refractivity contribution in [2.24, 2.45) is 0 Å². The lowest BCUT2D eigenvalue weighted by atomic mass is 10.2. The Hall–Kier alpha value is -0.280. The maximum Gasteiger partial charge on any atom is 0.0359 e. The van der Waals surface area contributed by atoms with E-state index in [1.54, 1.807) is 11.8 Å². The highest BCUT2D eigenvalue weighted by Crippen LogP contribution is 2.24. The molecular weight excluding hydrogens is 210 g/mol. The van der Waals surface area contributed by atoms with Gasteiger partial charge >= 0.3 is 0 Å². The van der Waals surface area contributed by atoms with Crippen LogP contribution in [0.2, 0.25) is 0 Å². The first-order valence-electron chi connectivity index (χ1n) is 4.87. The first-order chi connectivity index (χ1) is 6.88. The van der Waals surface area contributed by atoms with Crippen LogP contribution in [0.25, 0.3) is 0 Å². The smallest absolute Gasteiger partial charge is 0.0359 e. The summed E-state index contributed by atoms with van der Waals surface area (Å²) in [5.41, 5.74) is 1.27. The number of hydrogen-bond acceptors (Lipinski definition) is 3. The van der Waals surface area contributed by atoms with Crippen molar-refractivity contribution >= 4 is 29.2 Å². The second-order valence-corrected chi connectivity index (χ2v) is 5.47. The van der Waals surface area contributed by atoms with Crippen LogP contribution in [0.4, 0.5) is 5.69 Å². The molecule has 1 heterocycles. The maximum atomic E-state index is 3.58. The molecule has 14 heavy (non-hydrogen) atoms. The Morgan fingerprint density at radius 1 is 1.50 bits per heavy atom. The normalized spacial score (nSPS) is 21.1. The minimum atomic E-state index is 0.678. The first-order valence-corrected chi connectivity index (χ1v) is 7.25. The zero-order valence-electron chi connectivity index (χ0n) is 8.32. The van der Waals surface area contributed by atoms with Gasteiger partial charge in [0.1, 0.15) is 0 Å². The monoisotopic (exact) mass is 225 g/mol. The van der Waals surface area contributed by atoms with Gasteiger partial charge in [-0.25, -0.2) is 0 Å². The Labute approximate surface area is 94.0 Å². The zero-order chi connectivity index (χ0) is 9.80. The molecule has 0 aromatic heterocycles. The Morgan fingerprint density at radius 2 is 2.43 bits per heavy atom. The summed E-state index contributed by atoms with van der Waals surface area (Å²) in [6.07, 6.45) is 3.42. The third-order valence-corrected chi connectivity index (χ3v) is 4.26. The fraction of sp³-hybridized carbons (Fsp3) is 0.455. The zero-order valence-corrected chi connectivity index (χ0v) is 9.96. The van der Waals surface area contributed by atoms with E-state index in [0.29, 0.717) is 6.04 Å². The number of rotatable bonds is 3. The van der Waals surface area contributed by atoms with Crippen LogP contribution >= 0.6 is 23.5 Å². The predicted octanol–water partition coefficient (Wildman–Crippen LogP) is 3.33. The number of nitrogens with one attached hydrogen (secondary N) is 1. The van der Waals surface area contributed by atoms with Gasteiger partial charge in [-0.3, -0.25) is 0 Å². The molecular formula is C11H15NS2. The highest BCUT2D eigenvalue weighted by Gasteiger charge is 2.14. The summed E-state index contributed by atoms with van der Waals surface area (Å²) in [5.74, 6) is 2.56. The molecule has 1 atom stereocenters. The summed E-state index contributed by atoms with van der Waals surface area (Å²) < 4.78 is 0. The Morgan fingerprint density at radius 3 is 3.14 bits per heavy atom. The second kappa shape index (κ2) is 4.99. The van der Waals surface area contributed by atoms with E-state index in [1.807, 2.05) is 11.8 Å².